The lowest BCUT2D eigenvalue weighted by Crippen LogP contribution is -2.51. The summed E-state index contributed by atoms with van der Waals surface area (Å²) in [6.45, 7) is 5.64. The van der Waals surface area contributed by atoms with Crippen LogP contribution in [0, 0.1) is 5.92 Å². The van der Waals surface area contributed by atoms with Gasteiger partial charge in [0.05, 0.1) is 12.9 Å². The third-order valence-electron chi connectivity index (χ3n) is 4.61. The molecular weight excluding hydrogens is 376 g/mol. The van der Waals surface area contributed by atoms with Gasteiger partial charge in [0.15, 0.2) is 0 Å². The average Bonchev–Trinajstić information content (AvgIpc) is 2.62. The summed E-state index contributed by atoms with van der Waals surface area (Å²) in [4.78, 5) is 14.3. The van der Waals surface area contributed by atoms with Crippen LogP contribution in [0.1, 0.15) is 31.9 Å². The Morgan fingerprint density at radius 3 is 2.35 bits per heavy atom. The fourth-order valence-corrected chi connectivity index (χ4v) is 5.02. The van der Waals surface area contributed by atoms with Crippen molar-refractivity contribution < 1.29 is 17.9 Å². The molecule has 146 valence electrons. The highest BCUT2D eigenvalue weighted by Crippen LogP contribution is 2.29. The molecule has 0 radical (unpaired) electrons. The zero-order valence-electron chi connectivity index (χ0n) is 15.5. The number of hydrogen-bond donors (Lipinski definition) is 0. The molecule has 1 aliphatic heterocycles. The number of carbonyl (C=O) groups is 1. The van der Waals surface area contributed by atoms with Crippen LogP contribution >= 0.6 is 11.6 Å². The molecule has 0 amide bonds. The van der Waals surface area contributed by atoms with E-state index in [-0.39, 0.29) is 5.75 Å². The predicted octanol–water partition coefficient (Wildman–Crippen LogP) is 2.55. The van der Waals surface area contributed by atoms with Crippen molar-refractivity contribution in [2.75, 3.05) is 39.0 Å². The van der Waals surface area contributed by atoms with Crippen LogP contribution in [0.3, 0.4) is 0 Å². The SMILES string of the molecule is COC(=O)C(c1ccccc1Cl)N1CCN(S(=O)(=O)CCC(C)C)CC1. The number of sulfonamides is 1. The van der Waals surface area contributed by atoms with E-state index in [0.717, 1.165) is 0 Å². The van der Waals surface area contributed by atoms with Gasteiger partial charge in [0.2, 0.25) is 10.0 Å². The molecule has 26 heavy (non-hydrogen) atoms. The van der Waals surface area contributed by atoms with E-state index in [1.165, 1.54) is 11.4 Å². The Balaban J connectivity index is 2.11. The number of ether oxygens (including phenoxy) is 1. The van der Waals surface area contributed by atoms with E-state index in [9.17, 15) is 13.2 Å². The van der Waals surface area contributed by atoms with Gasteiger partial charge in [-0.2, -0.15) is 4.31 Å². The maximum absolute atomic E-state index is 12.5. The predicted molar refractivity (Wildman–Crippen MR) is 103 cm³/mol. The Kier molecular flexibility index (Phi) is 7.46. The van der Waals surface area contributed by atoms with Crippen molar-refractivity contribution in [1.29, 1.82) is 0 Å². The van der Waals surface area contributed by atoms with Gasteiger partial charge in [0, 0.05) is 31.2 Å². The lowest BCUT2D eigenvalue weighted by atomic mass is 10.0. The molecule has 1 unspecified atom stereocenters. The number of hydrogen-bond acceptors (Lipinski definition) is 5. The van der Waals surface area contributed by atoms with Crippen molar-refractivity contribution in [2.24, 2.45) is 5.92 Å². The molecular formula is C18H27ClN2O4S. The Labute approximate surface area is 161 Å². The summed E-state index contributed by atoms with van der Waals surface area (Å²) < 4.78 is 31.4. The van der Waals surface area contributed by atoms with Crippen molar-refractivity contribution in [3.8, 4) is 0 Å². The zero-order valence-corrected chi connectivity index (χ0v) is 17.1. The lowest BCUT2D eigenvalue weighted by molar-refractivity contribution is -0.147. The molecule has 0 N–H and O–H groups in total. The second-order valence-corrected chi connectivity index (χ2v) is 9.38. The molecule has 1 heterocycles. The molecule has 1 fully saturated rings. The number of nitrogens with zero attached hydrogens (tertiary/aromatic N) is 2. The number of rotatable bonds is 7. The third kappa shape index (κ3) is 5.19. The van der Waals surface area contributed by atoms with E-state index in [4.69, 9.17) is 16.3 Å². The van der Waals surface area contributed by atoms with Gasteiger partial charge in [-0.15, -0.1) is 0 Å². The van der Waals surface area contributed by atoms with Gasteiger partial charge in [-0.3, -0.25) is 4.90 Å². The van der Waals surface area contributed by atoms with E-state index >= 15 is 0 Å². The number of benzene rings is 1. The number of methoxy groups -OCH3 is 1. The maximum Gasteiger partial charge on any atom is 0.327 e. The summed E-state index contributed by atoms with van der Waals surface area (Å²) in [7, 11) is -1.92. The smallest absolute Gasteiger partial charge is 0.327 e. The van der Waals surface area contributed by atoms with Crippen molar-refractivity contribution in [3.05, 3.63) is 34.9 Å². The monoisotopic (exact) mass is 402 g/mol. The average molecular weight is 403 g/mol. The van der Waals surface area contributed by atoms with Crippen LogP contribution in [0.25, 0.3) is 0 Å². The summed E-state index contributed by atoms with van der Waals surface area (Å²) in [6, 6.07) is 6.53. The van der Waals surface area contributed by atoms with Gasteiger partial charge in [-0.25, -0.2) is 13.2 Å². The standard InChI is InChI=1S/C18H27ClN2O4S/c1-14(2)8-13-26(23,24)21-11-9-20(10-12-21)17(18(22)25-3)15-6-4-5-7-16(15)19/h4-7,14,17H,8-13H2,1-3H3. The van der Waals surface area contributed by atoms with E-state index in [1.807, 2.05) is 24.8 Å². The van der Waals surface area contributed by atoms with Gasteiger partial charge < -0.3 is 4.74 Å². The van der Waals surface area contributed by atoms with Crippen LogP contribution in [0.15, 0.2) is 24.3 Å². The van der Waals surface area contributed by atoms with Crippen molar-refractivity contribution in [3.63, 3.8) is 0 Å². The molecule has 1 saturated heterocycles. The Hall–Kier alpha value is -1.15. The maximum atomic E-state index is 12.5. The van der Waals surface area contributed by atoms with Crippen molar-refractivity contribution >= 4 is 27.6 Å². The topological polar surface area (TPSA) is 66.9 Å². The molecule has 8 heteroatoms. The molecule has 0 aromatic heterocycles. The number of esters is 1. The van der Waals surface area contributed by atoms with Crippen molar-refractivity contribution in [1.82, 2.24) is 9.21 Å². The minimum Gasteiger partial charge on any atom is -0.468 e. The van der Waals surface area contributed by atoms with Gasteiger partial charge in [0.25, 0.3) is 0 Å². The highest BCUT2D eigenvalue weighted by Gasteiger charge is 2.35. The van der Waals surface area contributed by atoms with Gasteiger partial charge in [-0.1, -0.05) is 43.6 Å². The molecule has 0 saturated carbocycles. The van der Waals surface area contributed by atoms with Crippen LogP contribution in [0.2, 0.25) is 5.02 Å². The molecule has 1 aromatic rings. The van der Waals surface area contributed by atoms with Gasteiger partial charge in [0.1, 0.15) is 6.04 Å². The first kappa shape index (κ1) is 21.2. The molecule has 1 aromatic carbocycles. The quantitative estimate of drug-likeness (QED) is 0.655. The highest BCUT2D eigenvalue weighted by molar-refractivity contribution is 7.89. The lowest BCUT2D eigenvalue weighted by Gasteiger charge is -2.37. The highest BCUT2D eigenvalue weighted by atomic mass is 35.5. The molecule has 6 nitrogen and oxygen atoms in total. The normalized spacial score (nSPS) is 18.0. The van der Waals surface area contributed by atoms with Crippen LogP contribution in [0.4, 0.5) is 0 Å². The van der Waals surface area contributed by atoms with Crippen molar-refractivity contribution in [2.45, 2.75) is 26.3 Å². The minimum absolute atomic E-state index is 0.162. The largest absolute Gasteiger partial charge is 0.468 e. The Bertz CT molecular complexity index is 716. The fourth-order valence-electron chi connectivity index (χ4n) is 3.03. The van der Waals surface area contributed by atoms with E-state index in [2.05, 4.69) is 0 Å². The van der Waals surface area contributed by atoms with Crippen LogP contribution < -0.4 is 0 Å². The van der Waals surface area contributed by atoms with E-state index < -0.39 is 22.0 Å². The minimum atomic E-state index is -3.26. The summed E-state index contributed by atoms with van der Waals surface area (Å²) in [5.74, 6) is 0.111. The number of piperazine rings is 1. The zero-order chi connectivity index (χ0) is 19.3. The van der Waals surface area contributed by atoms with Crippen LogP contribution in [0.5, 0.6) is 0 Å². The van der Waals surface area contributed by atoms with Crippen LogP contribution in [-0.4, -0.2) is 62.6 Å². The van der Waals surface area contributed by atoms with Crippen LogP contribution in [-0.2, 0) is 19.6 Å². The first-order valence-corrected chi connectivity index (χ1v) is 10.8. The molecule has 0 bridgehead atoms. The first-order valence-electron chi connectivity index (χ1n) is 8.80. The fraction of sp³-hybridized carbons (Fsp3) is 0.611. The summed E-state index contributed by atoms with van der Waals surface area (Å²) in [6.07, 6.45) is 0.646. The summed E-state index contributed by atoms with van der Waals surface area (Å²) >= 11 is 6.27. The molecule has 0 aliphatic carbocycles. The third-order valence-corrected chi connectivity index (χ3v) is 6.86. The summed E-state index contributed by atoms with van der Waals surface area (Å²) in [5, 5.41) is 0.495. The molecule has 0 spiro atoms. The van der Waals surface area contributed by atoms with E-state index in [1.54, 1.807) is 18.2 Å². The first-order chi connectivity index (χ1) is 12.3. The van der Waals surface area contributed by atoms with Gasteiger partial charge in [-0.05, 0) is 24.0 Å². The molecule has 1 atom stereocenters. The van der Waals surface area contributed by atoms with Gasteiger partial charge >= 0.3 is 5.97 Å². The second kappa shape index (κ2) is 9.17. The Morgan fingerprint density at radius 2 is 1.81 bits per heavy atom. The molecule has 2 rings (SSSR count). The number of halogens is 1. The van der Waals surface area contributed by atoms with E-state index in [0.29, 0.717) is 49.1 Å². The number of carbonyl (C=O) groups excluding carboxylic acids is 1. The molecule has 1 aliphatic rings. The summed E-state index contributed by atoms with van der Waals surface area (Å²) in [5.41, 5.74) is 0.678. The Morgan fingerprint density at radius 1 is 1.19 bits per heavy atom. The second-order valence-electron chi connectivity index (χ2n) is 6.88.